The van der Waals surface area contributed by atoms with Gasteiger partial charge in [-0.05, 0) is 36.0 Å². The molecular weight excluding hydrogens is 360 g/mol. The lowest BCUT2D eigenvalue weighted by atomic mass is 9.89. The van der Waals surface area contributed by atoms with Crippen LogP contribution in [0.2, 0.25) is 0 Å². The summed E-state index contributed by atoms with van der Waals surface area (Å²) in [7, 11) is 0. The fraction of sp³-hybridized carbons (Fsp3) is 0.476. The number of nitrogens with zero attached hydrogens (tertiary/aromatic N) is 1. The molecule has 0 aromatic heterocycles. The standard InChI is InChI=1S/C21H26N2O5/c1-14(24)23-9-6-15-4-2-3-5-17(15)19(23)13-20(25)22-18(12-21(26)27)16-7-10-28-11-8-16/h2-6,9,16,18-19H,7-8,10-13H2,1H3,(H,22,25)(H,26,27). The number of carboxylic acids is 1. The molecule has 7 nitrogen and oxygen atoms in total. The lowest BCUT2D eigenvalue weighted by molar-refractivity contribution is -0.138. The SMILES string of the molecule is CC(=O)N1C=Cc2ccccc2C1CC(=O)NC(CC(=O)O)C1CCOCC1. The minimum Gasteiger partial charge on any atom is -0.481 e. The summed E-state index contributed by atoms with van der Waals surface area (Å²) in [6.07, 6.45) is 4.99. The van der Waals surface area contributed by atoms with Crippen LogP contribution in [-0.2, 0) is 19.1 Å². The number of amides is 2. The zero-order valence-electron chi connectivity index (χ0n) is 16.0. The first kappa shape index (κ1) is 20.1. The van der Waals surface area contributed by atoms with Crippen LogP contribution in [0.4, 0.5) is 0 Å². The first-order valence-electron chi connectivity index (χ1n) is 9.60. The number of carbonyl (C=O) groups is 3. The number of nitrogens with one attached hydrogen (secondary N) is 1. The van der Waals surface area contributed by atoms with Crippen LogP contribution in [0.3, 0.4) is 0 Å². The van der Waals surface area contributed by atoms with Crippen molar-refractivity contribution in [3.63, 3.8) is 0 Å². The summed E-state index contributed by atoms with van der Waals surface area (Å²) in [6.45, 7) is 2.63. The number of rotatable bonds is 6. The Morgan fingerprint density at radius 1 is 1.25 bits per heavy atom. The minimum atomic E-state index is -0.937. The summed E-state index contributed by atoms with van der Waals surface area (Å²) in [5.41, 5.74) is 1.89. The maximum absolute atomic E-state index is 12.8. The van der Waals surface area contributed by atoms with Crippen LogP contribution in [0.5, 0.6) is 0 Å². The number of benzene rings is 1. The number of carboxylic acid groups (broad SMARTS) is 1. The predicted octanol–water partition coefficient (Wildman–Crippen LogP) is 2.34. The average molecular weight is 386 g/mol. The molecule has 28 heavy (non-hydrogen) atoms. The highest BCUT2D eigenvalue weighted by molar-refractivity contribution is 5.82. The van der Waals surface area contributed by atoms with E-state index in [9.17, 15) is 19.5 Å². The molecule has 1 saturated heterocycles. The summed E-state index contributed by atoms with van der Waals surface area (Å²) in [5, 5.41) is 12.2. The van der Waals surface area contributed by atoms with E-state index in [0.29, 0.717) is 13.2 Å². The van der Waals surface area contributed by atoms with Crippen LogP contribution in [-0.4, -0.2) is 47.0 Å². The third kappa shape index (κ3) is 4.78. The zero-order valence-corrected chi connectivity index (χ0v) is 16.0. The molecule has 2 atom stereocenters. The van der Waals surface area contributed by atoms with E-state index in [1.54, 1.807) is 11.1 Å². The molecule has 2 amide bonds. The Hall–Kier alpha value is -2.67. The Labute approximate surface area is 164 Å². The molecule has 2 N–H and O–H groups in total. The van der Waals surface area contributed by atoms with Gasteiger partial charge in [0.05, 0.1) is 18.9 Å². The van der Waals surface area contributed by atoms with Crippen LogP contribution >= 0.6 is 0 Å². The van der Waals surface area contributed by atoms with Crippen molar-refractivity contribution in [2.45, 2.75) is 44.7 Å². The van der Waals surface area contributed by atoms with Gasteiger partial charge < -0.3 is 20.1 Å². The largest absolute Gasteiger partial charge is 0.481 e. The molecule has 0 saturated carbocycles. The molecule has 0 spiro atoms. The van der Waals surface area contributed by atoms with Crippen LogP contribution < -0.4 is 5.32 Å². The Balaban J connectivity index is 1.74. The van der Waals surface area contributed by atoms with Gasteiger partial charge in [-0.25, -0.2) is 0 Å². The summed E-state index contributed by atoms with van der Waals surface area (Å²) in [4.78, 5) is 37.7. The second kappa shape index (κ2) is 9.01. The normalized spacial score (nSPS) is 20.3. The second-order valence-corrected chi connectivity index (χ2v) is 7.31. The number of hydrogen-bond acceptors (Lipinski definition) is 4. The van der Waals surface area contributed by atoms with Crippen molar-refractivity contribution in [1.82, 2.24) is 10.2 Å². The molecule has 2 aliphatic heterocycles. The third-order valence-electron chi connectivity index (χ3n) is 5.42. The number of hydrogen-bond donors (Lipinski definition) is 2. The molecule has 1 aromatic carbocycles. The van der Waals surface area contributed by atoms with E-state index in [4.69, 9.17) is 4.74 Å². The topological polar surface area (TPSA) is 95.9 Å². The minimum absolute atomic E-state index is 0.0799. The van der Waals surface area contributed by atoms with Gasteiger partial charge in [0.2, 0.25) is 11.8 Å². The summed E-state index contributed by atoms with van der Waals surface area (Å²) in [6, 6.07) is 6.82. The molecule has 0 aliphatic carbocycles. The Morgan fingerprint density at radius 2 is 1.96 bits per heavy atom. The molecule has 0 radical (unpaired) electrons. The van der Waals surface area contributed by atoms with Gasteiger partial charge in [-0.1, -0.05) is 24.3 Å². The van der Waals surface area contributed by atoms with Crippen molar-refractivity contribution in [3.05, 3.63) is 41.6 Å². The molecule has 2 aliphatic rings. The lowest BCUT2D eigenvalue weighted by Gasteiger charge is -2.34. The van der Waals surface area contributed by atoms with Gasteiger partial charge in [-0.15, -0.1) is 0 Å². The molecule has 150 valence electrons. The van der Waals surface area contributed by atoms with Crippen molar-refractivity contribution in [2.75, 3.05) is 13.2 Å². The zero-order chi connectivity index (χ0) is 20.1. The van der Waals surface area contributed by atoms with Gasteiger partial charge >= 0.3 is 5.97 Å². The molecule has 2 unspecified atom stereocenters. The molecule has 2 heterocycles. The maximum Gasteiger partial charge on any atom is 0.305 e. The molecule has 1 aromatic rings. The Kier molecular flexibility index (Phi) is 6.46. The van der Waals surface area contributed by atoms with Crippen LogP contribution in [0.1, 0.15) is 49.8 Å². The number of ether oxygens (including phenoxy) is 1. The Morgan fingerprint density at radius 3 is 2.64 bits per heavy atom. The predicted molar refractivity (Wildman–Crippen MR) is 103 cm³/mol. The molecule has 1 fully saturated rings. The molecule has 0 bridgehead atoms. The highest BCUT2D eigenvalue weighted by Gasteiger charge is 2.31. The first-order valence-corrected chi connectivity index (χ1v) is 9.60. The van der Waals surface area contributed by atoms with E-state index in [2.05, 4.69) is 5.32 Å². The van der Waals surface area contributed by atoms with Crippen LogP contribution in [0.15, 0.2) is 30.5 Å². The lowest BCUT2D eigenvalue weighted by Crippen LogP contribution is -2.45. The maximum atomic E-state index is 12.8. The average Bonchev–Trinajstić information content (AvgIpc) is 2.68. The van der Waals surface area contributed by atoms with E-state index in [0.717, 1.165) is 24.0 Å². The number of carbonyl (C=O) groups excluding carboxylic acids is 2. The Bertz CT molecular complexity index is 770. The van der Waals surface area contributed by atoms with Crippen molar-refractivity contribution >= 4 is 23.9 Å². The summed E-state index contributed by atoms with van der Waals surface area (Å²) in [5.74, 6) is -1.25. The van der Waals surface area contributed by atoms with E-state index >= 15 is 0 Å². The highest BCUT2D eigenvalue weighted by atomic mass is 16.5. The summed E-state index contributed by atoms with van der Waals surface area (Å²) < 4.78 is 5.35. The van der Waals surface area contributed by atoms with Crippen molar-refractivity contribution < 1.29 is 24.2 Å². The van der Waals surface area contributed by atoms with E-state index in [-0.39, 0.29) is 30.6 Å². The van der Waals surface area contributed by atoms with Crippen LogP contribution in [0, 0.1) is 5.92 Å². The summed E-state index contributed by atoms with van der Waals surface area (Å²) >= 11 is 0. The number of aliphatic carboxylic acids is 1. The smallest absolute Gasteiger partial charge is 0.305 e. The highest BCUT2D eigenvalue weighted by Crippen LogP contribution is 2.33. The van der Waals surface area contributed by atoms with Crippen molar-refractivity contribution in [2.24, 2.45) is 5.92 Å². The van der Waals surface area contributed by atoms with Crippen molar-refractivity contribution in [3.8, 4) is 0 Å². The van der Waals surface area contributed by atoms with E-state index in [1.807, 2.05) is 30.3 Å². The van der Waals surface area contributed by atoms with Gasteiger partial charge in [-0.2, -0.15) is 0 Å². The first-order chi connectivity index (χ1) is 13.5. The van der Waals surface area contributed by atoms with Crippen LogP contribution in [0.25, 0.3) is 6.08 Å². The van der Waals surface area contributed by atoms with Gasteiger partial charge in [0.25, 0.3) is 0 Å². The molecule has 7 heteroatoms. The molecule has 3 rings (SSSR count). The quantitative estimate of drug-likeness (QED) is 0.782. The monoisotopic (exact) mass is 386 g/mol. The van der Waals surface area contributed by atoms with E-state index in [1.165, 1.54) is 6.92 Å². The van der Waals surface area contributed by atoms with E-state index < -0.39 is 18.1 Å². The second-order valence-electron chi connectivity index (χ2n) is 7.31. The number of fused-ring (bicyclic) bond motifs is 1. The fourth-order valence-corrected chi connectivity index (χ4v) is 4.00. The van der Waals surface area contributed by atoms with Gasteiger partial charge in [0.15, 0.2) is 0 Å². The van der Waals surface area contributed by atoms with Crippen molar-refractivity contribution in [1.29, 1.82) is 0 Å². The fourth-order valence-electron chi connectivity index (χ4n) is 4.00. The van der Waals surface area contributed by atoms with Gasteiger partial charge in [0.1, 0.15) is 0 Å². The van der Waals surface area contributed by atoms with Gasteiger partial charge in [-0.3, -0.25) is 14.4 Å². The molecular formula is C21H26N2O5. The van der Waals surface area contributed by atoms with Gasteiger partial charge in [0, 0.05) is 32.4 Å². The third-order valence-corrected chi connectivity index (χ3v) is 5.42.